The number of nitrogens with zero attached hydrogens (tertiary/aromatic N) is 7. The van der Waals surface area contributed by atoms with Crippen LogP contribution in [0.5, 0.6) is 0 Å². The first-order chi connectivity index (χ1) is 19.9. The Labute approximate surface area is 234 Å². The average molecular weight is 555 g/mol. The van der Waals surface area contributed by atoms with Gasteiger partial charge in [0, 0.05) is 24.6 Å². The van der Waals surface area contributed by atoms with Gasteiger partial charge in [-0.25, -0.2) is 9.78 Å². The fourth-order valence-electron chi connectivity index (χ4n) is 5.14. The van der Waals surface area contributed by atoms with E-state index >= 15 is 0 Å². The van der Waals surface area contributed by atoms with E-state index in [0.29, 0.717) is 30.3 Å². The first-order valence-corrected chi connectivity index (χ1v) is 13.6. The van der Waals surface area contributed by atoms with Gasteiger partial charge >= 0.3 is 11.7 Å². The maximum atomic E-state index is 13.8. The van der Waals surface area contributed by atoms with Gasteiger partial charge in [-0.1, -0.05) is 62.4 Å². The molecule has 1 aliphatic rings. The molecule has 210 valence electrons. The predicted octanol–water partition coefficient (Wildman–Crippen LogP) is 2.96. The molecule has 1 aliphatic carbocycles. The molecular weight excluding hydrogens is 524 g/mol. The van der Waals surface area contributed by atoms with Crippen molar-refractivity contribution in [2.24, 2.45) is 5.92 Å². The number of hydrogen-bond acceptors (Lipinski definition) is 8. The number of ether oxygens (including phenoxy) is 1. The van der Waals surface area contributed by atoms with E-state index in [1.807, 2.05) is 66.9 Å². The first-order valence-electron chi connectivity index (χ1n) is 13.6. The van der Waals surface area contributed by atoms with Crippen LogP contribution in [0.4, 0.5) is 0 Å². The molecule has 12 nitrogen and oxygen atoms in total. The van der Waals surface area contributed by atoms with Crippen LogP contribution in [-0.4, -0.2) is 52.4 Å². The second kappa shape index (κ2) is 10.6. The van der Waals surface area contributed by atoms with Crippen molar-refractivity contribution in [2.75, 3.05) is 7.11 Å². The predicted molar refractivity (Wildman–Crippen MR) is 151 cm³/mol. The van der Waals surface area contributed by atoms with E-state index < -0.39 is 11.7 Å². The fourth-order valence-corrected chi connectivity index (χ4v) is 5.14. The molecule has 2 aromatic carbocycles. The quantitative estimate of drug-likeness (QED) is 0.274. The number of fused-ring (bicyclic) bond motifs is 1. The van der Waals surface area contributed by atoms with Crippen LogP contribution in [0.1, 0.15) is 44.0 Å². The molecule has 5 aromatic rings. The van der Waals surface area contributed by atoms with E-state index in [9.17, 15) is 14.4 Å². The number of aromatic nitrogens is 8. The summed E-state index contributed by atoms with van der Waals surface area (Å²) in [5.41, 5.74) is 3.34. The molecule has 0 aliphatic heterocycles. The van der Waals surface area contributed by atoms with Crippen LogP contribution in [0.2, 0.25) is 0 Å². The second-order valence-corrected chi connectivity index (χ2v) is 10.7. The summed E-state index contributed by atoms with van der Waals surface area (Å²) < 4.78 is 9.25. The first kappa shape index (κ1) is 26.4. The lowest BCUT2D eigenvalue weighted by atomic mass is 9.98. The van der Waals surface area contributed by atoms with E-state index in [-0.39, 0.29) is 29.6 Å². The highest BCUT2D eigenvalue weighted by atomic mass is 16.5. The van der Waals surface area contributed by atoms with Gasteiger partial charge in [-0.2, -0.15) is 5.21 Å². The average Bonchev–Trinajstić information content (AvgIpc) is 3.47. The molecule has 1 N–H and O–H groups in total. The van der Waals surface area contributed by atoms with Crippen molar-refractivity contribution in [1.29, 1.82) is 0 Å². The van der Waals surface area contributed by atoms with Crippen molar-refractivity contribution >= 4 is 17.1 Å². The van der Waals surface area contributed by atoms with Gasteiger partial charge in [0.1, 0.15) is 12.4 Å². The van der Waals surface area contributed by atoms with Crippen LogP contribution in [0, 0.1) is 5.92 Å². The zero-order valence-corrected chi connectivity index (χ0v) is 23.1. The number of H-pyrrole nitrogens is 1. The number of methoxy groups -OCH3 is 1. The lowest BCUT2D eigenvalue weighted by molar-refractivity contribution is -0.141. The van der Waals surface area contributed by atoms with E-state index in [0.717, 1.165) is 35.1 Å². The normalized spacial score (nSPS) is 13.3. The summed E-state index contributed by atoms with van der Waals surface area (Å²) >= 11 is 0. The highest BCUT2D eigenvalue weighted by molar-refractivity contribution is 5.80. The van der Waals surface area contributed by atoms with Crippen molar-refractivity contribution in [3.8, 4) is 22.5 Å². The van der Waals surface area contributed by atoms with Crippen LogP contribution in [0.15, 0.2) is 58.1 Å². The second-order valence-electron chi connectivity index (χ2n) is 10.7. The Bertz CT molecular complexity index is 1850. The molecule has 0 spiro atoms. The third kappa shape index (κ3) is 4.96. The largest absolute Gasteiger partial charge is 0.468 e. The van der Waals surface area contributed by atoms with Crippen molar-refractivity contribution in [3.05, 3.63) is 80.8 Å². The molecule has 0 bridgehead atoms. The Hall–Kier alpha value is -4.87. The molecule has 12 heteroatoms. The lowest BCUT2D eigenvalue weighted by Crippen LogP contribution is -2.42. The smallest absolute Gasteiger partial charge is 0.333 e. The van der Waals surface area contributed by atoms with E-state index in [2.05, 4.69) is 20.6 Å². The number of imidazole rings is 1. The zero-order chi connectivity index (χ0) is 28.7. The van der Waals surface area contributed by atoms with Gasteiger partial charge < -0.3 is 9.30 Å². The number of tetrazole rings is 1. The summed E-state index contributed by atoms with van der Waals surface area (Å²) in [5.74, 6) is 0.833. The van der Waals surface area contributed by atoms with Crippen LogP contribution in [0.3, 0.4) is 0 Å². The lowest BCUT2D eigenvalue weighted by Gasteiger charge is -2.14. The van der Waals surface area contributed by atoms with Crippen molar-refractivity contribution in [3.63, 3.8) is 0 Å². The Morgan fingerprint density at radius 1 is 1.02 bits per heavy atom. The number of carbonyl (C=O) groups excluding carboxylic acids is 1. The summed E-state index contributed by atoms with van der Waals surface area (Å²) in [4.78, 5) is 44.2. The number of aromatic amines is 1. The zero-order valence-electron chi connectivity index (χ0n) is 23.1. The Morgan fingerprint density at radius 3 is 2.39 bits per heavy atom. The van der Waals surface area contributed by atoms with Crippen LogP contribution >= 0.6 is 0 Å². The molecule has 0 unspecified atom stereocenters. The van der Waals surface area contributed by atoms with E-state index in [1.165, 1.54) is 16.2 Å². The van der Waals surface area contributed by atoms with E-state index in [4.69, 9.17) is 9.72 Å². The van der Waals surface area contributed by atoms with Gasteiger partial charge in [0.2, 0.25) is 5.82 Å². The third-order valence-corrected chi connectivity index (χ3v) is 7.43. The van der Waals surface area contributed by atoms with Crippen molar-refractivity contribution < 1.29 is 9.53 Å². The summed E-state index contributed by atoms with van der Waals surface area (Å²) in [6.45, 7) is 4.35. The fraction of sp³-hybridized carbons (Fsp3) is 0.345. The van der Waals surface area contributed by atoms with E-state index in [1.54, 1.807) is 0 Å². The third-order valence-electron chi connectivity index (χ3n) is 7.43. The van der Waals surface area contributed by atoms with Crippen LogP contribution in [-0.2, 0) is 29.2 Å². The van der Waals surface area contributed by atoms with Crippen LogP contribution < -0.4 is 11.2 Å². The molecule has 0 saturated heterocycles. The van der Waals surface area contributed by atoms with Crippen molar-refractivity contribution in [2.45, 2.75) is 52.2 Å². The topological polar surface area (TPSA) is 143 Å². The van der Waals surface area contributed by atoms with Crippen LogP contribution in [0.25, 0.3) is 33.7 Å². The number of hydrogen-bond donors (Lipinski definition) is 1. The molecule has 41 heavy (non-hydrogen) atoms. The molecule has 0 atom stereocenters. The van der Waals surface area contributed by atoms with Gasteiger partial charge in [-0.05, 0) is 40.7 Å². The Balaban J connectivity index is 1.44. The van der Waals surface area contributed by atoms with Gasteiger partial charge in [0.15, 0.2) is 11.2 Å². The number of esters is 1. The summed E-state index contributed by atoms with van der Waals surface area (Å²) in [6.07, 6.45) is 1.94. The number of benzene rings is 2. The van der Waals surface area contributed by atoms with Gasteiger partial charge in [-0.15, -0.1) is 10.2 Å². The summed E-state index contributed by atoms with van der Waals surface area (Å²) in [6, 6.07) is 15.9. The minimum atomic E-state index is -0.581. The monoisotopic (exact) mass is 554 g/mol. The molecule has 3 aromatic heterocycles. The maximum Gasteiger partial charge on any atom is 0.333 e. The van der Waals surface area contributed by atoms with Gasteiger partial charge in [0.05, 0.1) is 7.11 Å². The number of rotatable bonds is 9. The Kier molecular flexibility index (Phi) is 6.82. The van der Waals surface area contributed by atoms with Gasteiger partial charge in [0.25, 0.3) is 5.56 Å². The molecule has 3 heterocycles. The standard InChI is InChI=1S/C29H30N8O4/c1-17(2)26-30-27-24(28(39)37(15-18-8-9-18)29(40)36(27)16-23(38)41-3)35(26)14-19-10-12-20(13-11-19)21-6-4-5-7-22(21)25-31-33-34-32-25/h4-7,10-13,17-18H,8-9,14-16H2,1-3H3,(H,31,32,33,34). The molecule has 1 saturated carbocycles. The highest BCUT2D eigenvalue weighted by Gasteiger charge is 2.28. The Morgan fingerprint density at radius 2 is 1.76 bits per heavy atom. The molecule has 0 amide bonds. The number of nitrogens with one attached hydrogen (secondary N) is 1. The molecule has 0 radical (unpaired) electrons. The SMILES string of the molecule is COC(=O)Cn1c(=O)n(CC2CC2)c(=O)c2c1nc(C(C)C)n2Cc1ccc(-c2ccccc2-c2nn[nH]n2)cc1. The molecule has 1 fully saturated rings. The summed E-state index contributed by atoms with van der Waals surface area (Å²) in [7, 11) is 1.27. The minimum absolute atomic E-state index is 0.0403. The maximum absolute atomic E-state index is 13.8. The minimum Gasteiger partial charge on any atom is -0.468 e. The van der Waals surface area contributed by atoms with Gasteiger partial charge in [-0.3, -0.25) is 18.7 Å². The number of carbonyl (C=O) groups is 1. The molecule has 6 rings (SSSR count). The van der Waals surface area contributed by atoms with Crippen molar-refractivity contribution in [1.82, 2.24) is 39.3 Å². The summed E-state index contributed by atoms with van der Waals surface area (Å²) in [5, 5.41) is 14.4. The highest BCUT2D eigenvalue weighted by Crippen LogP contribution is 2.31. The molecular formula is C29H30N8O4.